The van der Waals surface area contributed by atoms with Crippen molar-refractivity contribution < 1.29 is 4.39 Å². The Balaban J connectivity index is 2.12. The molecule has 2 aromatic carbocycles. The van der Waals surface area contributed by atoms with Gasteiger partial charge in [0.15, 0.2) is 0 Å². The van der Waals surface area contributed by atoms with Gasteiger partial charge in [0.05, 0.1) is 22.6 Å². The van der Waals surface area contributed by atoms with Gasteiger partial charge in [0.1, 0.15) is 5.82 Å². The van der Waals surface area contributed by atoms with E-state index in [-0.39, 0.29) is 11.4 Å². The molecule has 0 saturated heterocycles. The van der Waals surface area contributed by atoms with E-state index in [4.69, 9.17) is 23.2 Å². The molecular formula is C20H18Cl2FN3O. The Labute approximate surface area is 166 Å². The number of aromatic amines is 1. The zero-order valence-electron chi connectivity index (χ0n) is 14.9. The summed E-state index contributed by atoms with van der Waals surface area (Å²) >= 11 is 12.1. The van der Waals surface area contributed by atoms with E-state index in [9.17, 15) is 9.18 Å². The third kappa shape index (κ3) is 4.31. The molecule has 0 aliphatic carbocycles. The molecule has 0 amide bonds. The second kappa shape index (κ2) is 8.11. The van der Waals surface area contributed by atoms with Crippen molar-refractivity contribution in [1.82, 2.24) is 9.78 Å². The number of aryl methyl sites for hydroxylation is 1. The second-order valence-corrected chi connectivity index (χ2v) is 7.03. The van der Waals surface area contributed by atoms with Gasteiger partial charge >= 0.3 is 0 Å². The highest BCUT2D eigenvalue weighted by molar-refractivity contribution is 6.35. The molecule has 0 unspecified atom stereocenters. The third-order valence-corrected chi connectivity index (χ3v) is 4.49. The van der Waals surface area contributed by atoms with E-state index < -0.39 is 0 Å². The molecule has 0 radical (unpaired) electrons. The standard InChI is InChI=1S/C20H18Cl2FN3O/c1-3-4-18-19(12(2)24-16-10-13(21)9-14(22)11-16)20(27)26(25-18)17-7-5-15(23)6-8-17/h5-11,25H,3-4H2,1-2H3. The molecule has 1 aromatic heterocycles. The molecule has 27 heavy (non-hydrogen) atoms. The summed E-state index contributed by atoms with van der Waals surface area (Å²) in [6.45, 7) is 3.80. The first kappa shape index (κ1) is 19.4. The molecule has 3 rings (SSSR count). The first-order chi connectivity index (χ1) is 12.9. The minimum Gasteiger partial charge on any atom is -0.294 e. The van der Waals surface area contributed by atoms with Crippen LogP contribution >= 0.6 is 23.2 Å². The van der Waals surface area contributed by atoms with Crippen molar-refractivity contribution >= 4 is 34.6 Å². The average Bonchev–Trinajstić information content (AvgIpc) is 2.91. The number of nitrogens with zero attached hydrogens (tertiary/aromatic N) is 2. The lowest BCUT2D eigenvalue weighted by atomic mass is 10.1. The Kier molecular flexibility index (Phi) is 5.82. The highest BCUT2D eigenvalue weighted by atomic mass is 35.5. The zero-order chi connectivity index (χ0) is 19.6. The van der Waals surface area contributed by atoms with Gasteiger partial charge in [-0.15, -0.1) is 0 Å². The Hall–Kier alpha value is -2.37. The summed E-state index contributed by atoms with van der Waals surface area (Å²) in [7, 11) is 0. The molecule has 0 aliphatic heterocycles. The molecule has 140 valence electrons. The summed E-state index contributed by atoms with van der Waals surface area (Å²) in [5.74, 6) is -0.358. The summed E-state index contributed by atoms with van der Waals surface area (Å²) < 4.78 is 14.6. The first-order valence-corrected chi connectivity index (χ1v) is 9.26. The molecule has 0 spiro atoms. The van der Waals surface area contributed by atoms with Gasteiger partial charge in [-0.25, -0.2) is 9.07 Å². The molecule has 0 atom stereocenters. The zero-order valence-corrected chi connectivity index (χ0v) is 16.4. The molecule has 0 fully saturated rings. The molecule has 1 N–H and O–H groups in total. The number of benzene rings is 2. The van der Waals surface area contributed by atoms with Gasteiger partial charge in [-0.2, -0.15) is 0 Å². The van der Waals surface area contributed by atoms with Gasteiger partial charge in [-0.05, 0) is 55.8 Å². The lowest BCUT2D eigenvalue weighted by Crippen LogP contribution is -2.19. The molecule has 4 nitrogen and oxygen atoms in total. The van der Waals surface area contributed by atoms with E-state index >= 15 is 0 Å². The molecule has 0 saturated carbocycles. The third-order valence-electron chi connectivity index (χ3n) is 4.06. The molecule has 7 heteroatoms. The van der Waals surface area contributed by atoms with Crippen molar-refractivity contribution in [3.8, 4) is 5.69 Å². The number of aliphatic imine (C=N–C) groups is 1. The highest BCUT2D eigenvalue weighted by Gasteiger charge is 2.17. The predicted molar refractivity (Wildman–Crippen MR) is 109 cm³/mol. The lowest BCUT2D eigenvalue weighted by molar-refractivity contribution is 0.626. The fourth-order valence-corrected chi connectivity index (χ4v) is 3.43. The van der Waals surface area contributed by atoms with Gasteiger partial charge < -0.3 is 0 Å². The molecule has 1 heterocycles. The van der Waals surface area contributed by atoms with E-state index in [1.54, 1.807) is 37.3 Å². The topological polar surface area (TPSA) is 50.1 Å². The molecule has 3 aromatic rings. The van der Waals surface area contributed by atoms with E-state index in [0.717, 1.165) is 12.1 Å². The lowest BCUT2D eigenvalue weighted by Gasteiger charge is -2.02. The van der Waals surface area contributed by atoms with Crippen LogP contribution in [0.2, 0.25) is 10.0 Å². The normalized spacial score (nSPS) is 11.8. The smallest absolute Gasteiger partial charge is 0.280 e. The predicted octanol–water partition coefficient (Wildman–Crippen LogP) is 5.70. The maximum atomic E-state index is 13.2. The van der Waals surface area contributed by atoms with Gasteiger partial charge in [0, 0.05) is 15.7 Å². The van der Waals surface area contributed by atoms with Crippen molar-refractivity contribution in [3.63, 3.8) is 0 Å². The van der Waals surface area contributed by atoms with Crippen LogP contribution in [0.3, 0.4) is 0 Å². The van der Waals surface area contributed by atoms with Crippen molar-refractivity contribution in [2.24, 2.45) is 4.99 Å². The molecule has 0 bridgehead atoms. The van der Waals surface area contributed by atoms with Crippen LogP contribution in [0.25, 0.3) is 5.69 Å². The largest absolute Gasteiger partial charge is 0.294 e. The van der Waals surface area contributed by atoms with Crippen molar-refractivity contribution in [2.45, 2.75) is 26.7 Å². The van der Waals surface area contributed by atoms with E-state index in [2.05, 4.69) is 10.1 Å². The molecular weight excluding hydrogens is 388 g/mol. The Bertz CT molecular complexity index is 1030. The maximum absolute atomic E-state index is 13.2. The van der Waals surface area contributed by atoms with Gasteiger partial charge in [0.2, 0.25) is 0 Å². The van der Waals surface area contributed by atoms with Crippen LogP contribution in [0.15, 0.2) is 52.3 Å². The van der Waals surface area contributed by atoms with E-state index in [1.807, 2.05) is 6.92 Å². The van der Waals surface area contributed by atoms with Gasteiger partial charge in [-0.3, -0.25) is 14.9 Å². The van der Waals surface area contributed by atoms with Crippen molar-refractivity contribution in [2.75, 3.05) is 0 Å². The minimum atomic E-state index is -0.358. The van der Waals surface area contributed by atoms with E-state index in [0.29, 0.717) is 39.1 Å². The highest BCUT2D eigenvalue weighted by Crippen LogP contribution is 2.25. The van der Waals surface area contributed by atoms with Crippen LogP contribution in [-0.2, 0) is 6.42 Å². The van der Waals surface area contributed by atoms with Gasteiger partial charge in [0.25, 0.3) is 5.56 Å². The summed E-state index contributed by atoms with van der Waals surface area (Å²) in [5, 5.41) is 4.07. The van der Waals surface area contributed by atoms with Crippen LogP contribution in [-0.4, -0.2) is 15.5 Å². The SMILES string of the molecule is CCCc1[nH]n(-c2ccc(F)cc2)c(=O)c1C(C)=Nc1cc(Cl)cc(Cl)c1. The number of nitrogens with one attached hydrogen (secondary N) is 1. The Morgan fingerprint density at radius 3 is 2.37 bits per heavy atom. The first-order valence-electron chi connectivity index (χ1n) is 8.50. The number of aromatic nitrogens is 2. The maximum Gasteiger partial charge on any atom is 0.280 e. The Morgan fingerprint density at radius 1 is 1.15 bits per heavy atom. The molecule has 0 aliphatic rings. The number of hydrogen-bond donors (Lipinski definition) is 1. The summed E-state index contributed by atoms with van der Waals surface area (Å²) in [5.41, 5.74) is 2.72. The fraction of sp³-hybridized carbons (Fsp3) is 0.200. The Morgan fingerprint density at radius 2 is 1.78 bits per heavy atom. The van der Waals surface area contributed by atoms with Crippen LogP contribution < -0.4 is 5.56 Å². The van der Waals surface area contributed by atoms with Crippen molar-refractivity contribution in [3.05, 3.63) is 79.9 Å². The summed E-state index contributed by atoms with van der Waals surface area (Å²) in [4.78, 5) is 17.6. The van der Waals surface area contributed by atoms with E-state index in [1.165, 1.54) is 16.8 Å². The number of H-pyrrole nitrogens is 1. The average molecular weight is 406 g/mol. The monoisotopic (exact) mass is 405 g/mol. The number of rotatable bonds is 5. The summed E-state index contributed by atoms with van der Waals surface area (Å²) in [6, 6.07) is 10.7. The van der Waals surface area contributed by atoms with Crippen LogP contribution in [0.1, 0.15) is 31.5 Å². The second-order valence-electron chi connectivity index (χ2n) is 6.16. The fourth-order valence-electron chi connectivity index (χ4n) is 2.91. The van der Waals surface area contributed by atoms with Crippen LogP contribution in [0.5, 0.6) is 0 Å². The number of hydrogen-bond acceptors (Lipinski definition) is 2. The van der Waals surface area contributed by atoms with Crippen LogP contribution in [0.4, 0.5) is 10.1 Å². The van der Waals surface area contributed by atoms with Crippen molar-refractivity contribution in [1.29, 1.82) is 0 Å². The van der Waals surface area contributed by atoms with Crippen LogP contribution in [0, 0.1) is 5.82 Å². The number of halogens is 3. The summed E-state index contributed by atoms with van der Waals surface area (Å²) in [6.07, 6.45) is 1.54. The quantitative estimate of drug-likeness (QED) is 0.543. The van der Waals surface area contributed by atoms with Gasteiger partial charge in [-0.1, -0.05) is 36.5 Å². The minimum absolute atomic E-state index is 0.237.